The van der Waals surface area contributed by atoms with Crippen molar-refractivity contribution in [2.24, 2.45) is 0 Å². The molecule has 1 aromatic rings. The second kappa shape index (κ2) is 6.78. The van der Waals surface area contributed by atoms with Crippen LogP contribution in [0.3, 0.4) is 0 Å². The first-order valence-electron chi connectivity index (χ1n) is 5.95. The quantitative estimate of drug-likeness (QED) is 0.721. The van der Waals surface area contributed by atoms with Gasteiger partial charge in [-0.25, -0.2) is 4.79 Å². The highest BCUT2D eigenvalue weighted by molar-refractivity contribution is 5.88. The van der Waals surface area contributed by atoms with Gasteiger partial charge in [-0.1, -0.05) is 0 Å². The fourth-order valence-electron chi connectivity index (χ4n) is 1.45. The van der Waals surface area contributed by atoms with E-state index in [9.17, 15) is 9.59 Å². The number of hydrogen-bond acceptors (Lipinski definition) is 5. The van der Waals surface area contributed by atoms with Crippen LogP contribution in [0.4, 0.5) is 0 Å². The topological polar surface area (TPSA) is 70.4 Å². The summed E-state index contributed by atoms with van der Waals surface area (Å²) in [6.45, 7) is 6.01. The fraction of sp³-hybridized carbons (Fsp3) is 0.583. The molecule has 1 unspecified atom stereocenters. The molecule has 0 amide bonds. The molecule has 1 aromatic heterocycles. The van der Waals surface area contributed by atoms with Gasteiger partial charge in [0.1, 0.15) is 0 Å². The Balaban J connectivity index is 2.61. The summed E-state index contributed by atoms with van der Waals surface area (Å²) in [5.74, 6) is -0.690. The summed E-state index contributed by atoms with van der Waals surface area (Å²) in [6, 6.07) is -0.160. The van der Waals surface area contributed by atoms with Gasteiger partial charge in [-0.3, -0.25) is 9.48 Å². The number of nitrogens with zero attached hydrogens (tertiary/aromatic N) is 2. The average Bonchev–Trinajstić information content (AvgIpc) is 2.78. The van der Waals surface area contributed by atoms with Gasteiger partial charge in [-0.15, -0.1) is 0 Å². The van der Waals surface area contributed by atoms with Gasteiger partial charge in [0.25, 0.3) is 0 Å². The lowest BCUT2D eigenvalue weighted by Crippen LogP contribution is -2.13. The fourth-order valence-corrected chi connectivity index (χ4v) is 1.45. The SMILES string of the molecule is CCOC(=O)CC(C)n1cc(C(=O)OCC)cn1. The Kier molecular flexibility index (Phi) is 5.35. The molecule has 0 aliphatic carbocycles. The molecule has 1 rings (SSSR count). The van der Waals surface area contributed by atoms with Crippen molar-refractivity contribution in [1.29, 1.82) is 0 Å². The summed E-state index contributed by atoms with van der Waals surface area (Å²) in [4.78, 5) is 22.8. The lowest BCUT2D eigenvalue weighted by molar-refractivity contribution is -0.143. The average molecular weight is 254 g/mol. The summed E-state index contributed by atoms with van der Waals surface area (Å²) in [5, 5.41) is 4.04. The molecular formula is C12H18N2O4. The number of ether oxygens (including phenoxy) is 2. The Bertz CT molecular complexity index is 414. The van der Waals surface area contributed by atoms with Crippen LogP contribution in [0.15, 0.2) is 12.4 Å². The van der Waals surface area contributed by atoms with E-state index in [1.54, 1.807) is 24.7 Å². The number of hydrogen-bond donors (Lipinski definition) is 0. The van der Waals surface area contributed by atoms with E-state index in [2.05, 4.69) is 5.10 Å². The first-order valence-corrected chi connectivity index (χ1v) is 5.95. The van der Waals surface area contributed by atoms with E-state index in [-0.39, 0.29) is 18.4 Å². The minimum Gasteiger partial charge on any atom is -0.466 e. The van der Waals surface area contributed by atoms with E-state index in [1.165, 1.54) is 6.20 Å². The van der Waals surface area contributed by atoms with Gasteiger partial charge in [0.15, 0.2) is 0 Å². The highest BCUT2D eigenvalue weighted by Crippen LogP contribution is 2.12. The van der Waals surface area contributed by atoms with Gasteiger partial charge >= 0.3 is 11.9 Å². The van der Waals surface area contributed by atoms with Crippen molar-refractivity contribution < 1.29 is 19.1 Å². The smallest absolute Gasteiger partial charge is 0.341 e. The zero-order chi connectivity index (χ0) is 13.5. The largest absolute Gasteiger partial charge is 0.466 e. The Morgan fingerprint density at radius 3 is 2.61 bits per heavy atom. The van der Waals surface area contributed by atoms with Crippen molar-refractivity contribution in [2.75, 3.05) is 13.2 Å². The van der Waals surface area contributed by atoms with E-state index in [4.69, 9.17) is 9.47 Å². The molecule has 0 saturated heterocycles. The first-order chi connectivity index (χ1) is 8.58. The molecule has 0 saturated carbocycles. The molecule has 100 valence electrons. The van der Waals surface area contributed by atoms with E-state index in [1.807, 2.05) is 6.92 Å². The third kappa shape index (κ3) is 3.87. The summed E-state index contributed by atoms with van der Waals surface area (Å²) in [5.41, 5.74) is 0.382. The second-order valence-corrected chi connectivity index (χ2v) is 3.79. The van der Waals surface area contributed by atoms with Crippen LogP contribution in [0.25, 0.3) is 0 Å². The Labute approximate surface area is 106 Å². The predicted octanol–water partition coefficient (Wildman–Crippen LogP) is 1.57. The van der Waals surface area contributed by atoms with Crippen molar-refractivity contribution in [3.63, 3.8) is 0 Å². The maximum atomic E-state index is 11.4. The molecule has 0 spiro atoms. The van der Waals surface area contributed by atoms with Crippen LogP contribution in [0.2, 0.25) is 0 Å². The Morgan fingerprint density at radius 1 is 1.33 bits per heavy atom. The third-order valence-electron chi connectivity index (χ3n) is 2.33. The van der Waals surface area contributed by atoms with Gasteiger partial charge in [0, 0.05) is 6.20 Å². The summed E-state index contributed by atoms with van der Waals surface area (Å²) in [6.07, 6.45) is 3.22. The monoisotopic (exact) mass is 254 g/mol. The van der Waals surface area contributed by atoms with Gasteiger partial charge in [-0.2, -0.15) is 5.10 Å². The number of aromatic nitrogens is 2. The molecule has 0 fully saturated rings. The zero-order valence-corrected chi connectivity index (χ0v) is 10.9. The molecule has 18 heavy (non-hydrogen) atoms. The van der Waals surface area contributed by atoms with Crippen LogP contribution in [-0.2, 0) is 14.3 Å². The van der Waals surface area contributed by atoms with Crippen molar-refractivity contribution in [3.8, 4) is 0 Å². The van der Waals surface area contributed by atoms with Crippen LogP contribution >= 0.6 is 0 Å². The molecule has 0 aromatic carbocycles. The van der Waals surface area contributed by atoms with E-state index in [0.29, 0.717) is 18.8 Å². The van der Waals surface area contributed by atoms with Gasteiger partial charge in [-0.05, 0) is 20.8 Å². The molecule has 0 N–H and O–H groups in total. The molecule has 6 heteroatoms. The number of esters is 2. The molecule has 0 aliphatic rings. The lowest BCUT2D eigenvalue weighted by Gasteiger charge is -2.10. The predicted molar refractivity (Wildman–Crippen MR) is 64.1 cm³/mol. The highest BCUT2D eigenvalue weighted by Gasteiger charge is 2.15. The summed E-state index contributed by atoms with van der Waals surface area (Å²) < 4.78 is 11.3. The lowest BCUT2D eigenvalue weighted by atomic mass is 10.2. The van der Waals surface area contributed by atoms with Crippen molar-refractivity contribution in [2.45, 2.75) is 33.2 Å². The van der Waals surface area contributed by atoms with E-state index >= 15 is 0 Å². The molecular weight excluding hydrogens is 236 g/mol. The van der Waals surface area contributed by atoms with E-state index in [0.717, 1.165) is 0 Å². The number of carbonyl (C=O) groups excluding carboxylic acids is 2. The minimum absolute atomic E-state index is 0.160. The normalized spacial score (nSPS) is 11.9. The van der Waals surface area contributed by atoms with Crippen molar-refractivity contribution >= 4 is 11.9 Å². The summed E-state index contributed by atoms with van der Waals surface area (Å²) >= 11 is 0. The number of carbonyl (C=O) groups is 2. The van der Waals surface area contributed by atoms with Gasteiger partial charge in [0.2, 0.25) is 0 Å². The van der Waals surface area contributed by atoms with Crippen LogP contribution < -0.4 is 0 Å². The van der Waals surface area contributed by atoms with Crippen LogP contribution in [-0.4, -0.2) is 34.9 Å². The molecule has 0 aliphatic heterocycles. The van der Waals surface area contributed by atoms with Crippen molar-refractivity contribution in [1.82, 2.24) is 9.78 Å². The maximum absolute atomic E-state index is 11.4. The highest BCUT2D eigenvalue weighted by atomic mass is 16.5. The molecule has 0 radical (unpaired) electrons. The summed E-state index contributed by atoms with van der Waals surface area (Å²) in [7, 11) is 0. The van der Waals surface area contributed by atoms with Crippen LogP contribution in [0.1, 0.15) is 43.6 Å². The third-order valence-corrected chi connectivity index (χ3v) is 2.33. The molecule has 1 atom stereocenters. The van der Waals surface area contributed by atoms with Crippen LogP contribution in [0.5, 0.6) is 0 Å². The first kappa shape index (κ1) is 14.2. The van der Waals surface area contributed by atoms with Crippen molar-refractivity contribution in [3.05, 3.63) is 18.0 Å². The zero-order valence-electron chi connectivity index (χ0n) is 10.9. The van der Waals surface area contributed by atoms with Crippen LogP contribution in [0, 0.1) is 0 Å². The standard InChI is InChI=1S/C12H18N2O4/c1-4-17-11(15)6-9(3)14-8-10(7-13-14)12(16)18-5-2/h7-9H,4-6H2,1-3H3. The molecule has 1 heterocycles. The number of rotatable bonds is 6. The van der Waals surface area contributed by atoms with Gasteiger partial charge < -0.3 is 9.47 Å². The molecule has 6 nitrogen and oxygen atoms in total. The van der Waals surface area contributed by atoms with E-state index < -0.39 is 5.97 Å². The minimum atomic E-state index is -0.410. The van der Waals surface area contributed by atoms with Gasteiger partial charge in [0.05, 0.1) is 37.4 Å². The molecule has 0 bridgehead atoms. The maximum Gasteiger partial charge on any atom is 0.341 e. The Morgan fingerprint density at radius 2 is 2.00 bits per heavy atom. The second-order valence-electron chi connectivity index (χ2n) is 3.79. The Hall–Kier alpha value is -1.85.